The van der Waals surface area contributed by atoms with Crippen LogP contribution < -0.4 is 0 Å². The number of halogens is 1. The fourth-order valence-corrected chi connectivity index (χ4v) is 3.88. The Morgan fingerprint density at radius 1 is 1.14 bits per heavy atom. The van der Waals surface area contributed by atoms with Crippen LogP contribution in [0.5, 0.6) is 0 Å². The molecular formula is C19H19IN2. The first kappa shape index (κ1) is 14.3. The van der Waals surface area contributed by atoms with Crippen molar-refractivity contribution in [1.29, 1.82) is 0 Å². The molecule has 0 saturated heterocycles. The summed E-state index contributed by atoms with van der Waals surface area (Å²) in [4.78, 5) is 6.22. The number of nitrogens with one attached hydrogen (secondary N) is 1. The number of H-pyrrole nitrogens is 1. The molecule has 0 amide bonds. The molecule has 3 aromatic rings. The van der Waals surface area contributed by atoms with Gasteiger partial charge in [-0.05, 0) is 65.3 Å². The third kappa shape index (κ3) is 2.46. The summed E-state index contributed by atoms with van der Waals surface area (Å²) in [5, 5.41) is 1.40. The fraction of sp³-hybridized carbons (Fsp3) is 0.263. The van der Waals surface area contributed by atoms with Crippen LogP contribution in [0.25, 0.3) is 10.9 Å². The number of hydrogen-bond acceptors (Lipinski definition) is 1. The van der Waals surface area contributed by atoms with Crippen molar-refractivity contribution in [2.45, 2.75) is 25.9 Å². The van der Waals surface area contributed by atoms with Gasteiger partial charge in [0.25, 0.3) is 0 Å². The predicted molar refractivity (Wildman–Crippen MR) is 100.0 cm³/mol. The molecule has 2 aromatic carbocycles. The van der Waals surface area contributed by atoms with E-state index in [4.69, 9.17) is 0 Å². The van der Waals surface area contributed by atoms with E-state index in [2.05, 4.69) is 87.9 Å². The number of nitrogens with zero attached hydrogens (tertiary/aromatic N) is 1. The molecule has 1 atom stereocenters. The van der Waals surface area contributed by atoms with E-state index in [0.29, 0.717) is 6.04 Å². The number of benzene rings is 2. The van der Waals surface area contributed by atoms with E-state index in [0.717, 1.165) is 19.5 Å². The average molecular weight is 402 g/mol. The highest BCUT2D eigenvalue weighted by atomic mass is 127. The van der Waals surface area contributed by atoms with Crippen molar-refractivity contribution in [2.75, 3.05) is 6.54 Å². The summed E-state index contributed by atoms with van der Waals surface area (Å²) >= 11 is 2.36. The maximum Gasteiger partial charge on any atom is 0.0477 e. The molecule has 0 fully saturated rings. The number of aromatic nitrogens is 1. The van der Waals surface area contributed by atoms with Crippen molar-refractivity contribution < 1.29 is 0 Å². The zero-order valence-corrected chi connectivity index (χ0v) is 14.8. The van der Waals surface area contributed by atoms with Gasteiger partial charge in [-0.3, -0.25) is 4.90 Å². The lowest BCUT2D eigenvalue weighted by Crippen LogP contribution is -2.33. The highest BCUT2D eigenvalue weighted by Gasteiger charge is 2.26. The van der Waals surface area contributed by atoms with E-state index in [1.807, 2.05) is 0 Å². The Labute approximate surface area is 144 Å². The molecule has 3 heteroatoms. The predicted octanol–water partition coefficient (Wildman–Crippen LogP) is 4.89. The Hall–Kier alpha value is -1.33. The van der Waals surface area contributed by atoms with Gasteiger partial charge in [-0.2, -0.15) is 0 Å². The molecular weight excluding hydrogens is 383 g/mol. The number of rotatable bonds is 2. The first-order valence-electron chi connectivity index (χ1n) is 7.80. The van der Waals surface area contributed by atoms with E-state index in [1.54, 1.807) is 0 Å². The van der Waals surface area contributed by atoms with Gasteiger partial charge in [0.05, 0.1) is 0 Å². The van der Waals surface area contributed by atoms with Gasteiger partial charge in [0.15, 0.2) is 0 Å². The molecule has 0 aliphatic carbocycles. The molecule has 112 valence electrons. The maximum absolute atomic E-state index is 3.65. The third-order valence-corrected chi connectivity index (χ3v) is 5.48. The van der Waals surface area contributed by atoms with Crippen molar-refractivity contribution in [3.05, 3.63) is 68.9 Å². The van der Waals surface area contributed by atoms with E-state index in [9.17, 15) is 0 Å². The van der Waals surface area contributed by atoms with Gasteiger partial charge >= 0.3 is 0 Å². The van der Waals surface area contributed by atoms with Gasteiger partial charge in [-0.1, -0.05) is 30.3 Å². The second-order valence-electron chi connectivity index (χ2n) is 6.09. The minimum Gasteiger partial charge on any atom is -0.357 e. The van der Waals surface area contributed by atoms with Gasteiger partial charge in [0, 0.05) is 39.3 Å². The monoisotopic (exact) mass is 402 g/mol. The zero-order chi connectivity index (χ0) is 15.1. The number of fused-ring (bicyclic) bond motifs is 3. The molecule has 1 aliphatic rings. The van der Waals surface area contributed by atoms with Crippen molar-refractivity contribution in [3.8, 4) is 0 Å². The lowest BCUT2D eigenvalue weighted by molar-refractivity contribution is 0.187. The van der Waals surface area contributed by atoms with Crippen molar-refractivity contribution in [2.24, 2.45) is 0 Å². The summed E-state index contributed by atoms with van der Waals surface area (Å²) in [6.07, 6.45) is 1.13. The normalized spacial score (nSPS) is 18.5. The number of para-hydroxylation sites is 1. The lowest BCUT2D eigenvalue weighted by Gasteiger charge is -2.33. The second-order valence-corrected chi connectivity index (χ2v) is 7.33. The molecule has 0 radical (unpaired) electrons. The first-order valence-corrected chi connectivity index (χ1v) is 8.88. The zero-order valence-electron chi connectivity index (χ0n) is 12.6. The minimum absolute atomic E-state index is 0.440. The van der Waals surface area contributed by atoms with Crippen LogP contribution in [0.1, 0.15) is 29.8 Å². The maximum atomic E-state index is 3.65. The molecule has 1 unspecified atom stereocenters. The lowest BCUT2D eigenvalue weighted by atomic mass is 9.98. The van der Waals surface area contributed by atoms with Crippen LogP contribution in [-0.2, 0) is 13.0 Å². The van der Waals surface area contributed by atoms with E-state index in [-0.39, 0.29) is 0 Å². The van der Waals surface area contributed by atoms with Crippen molar-refractivity contribution >= 4 is 33.5 Å². The standard InChI is InChI=1S/C19H19IN2/c1-13-19-17(16-4-2-3-5-18(16)21-19)10-11-22(13)12-14-6-8-15(20)9-7-14/h2-9,13,21H,10-12H2,1H3. The van der Waals surface area contributed by atoms with Gasteiger partial charge in [0.1, 0.15) is 0 Å². The quantitative estimate of drug-likeness (QED) is 0.605. The van der Waals surface area contributed by atoms with E-state index >= 15 is 0 Å². The third-order valence-electron chi connectivity index (χ3n) is 4.76. The van der Waals surface area contributed by atoms with Crippen molar-refractivity contribution in [3.63, 3.8) is 0 Å². The van der Waals surface area contributed by atoms with Crippen LogP contribution in [0.2, 0.25) is 0 Å². The summed E-state index contributed by atoms with van der Waals surface area (Å²) in [5.41, 5.74) is 5.59. The molecule has 2 heterocycles. The molecule has 0 spiro atoms. The van der Waals surface area contributed by atoms with Gasteiger partial charge < -0.3 is 4.98 Å². The topological polar surface area (TPSA) is 19.0 Å². The largest absolute Gasteiger partial charge is 0.357 e. The second kappa shape index (κ2) is 5.70. The van der Waals surface area contributed by atoms with Crippen LogP contribution in [-0.4, -0.2) is 16.4 Å². The Morgan fingerprint density at radius 3 is 2.73 bits per heavy atom. The first-order chi connectivity index (χ1) is 10.7. The molecule has 0 bridgehead atoms. The van der Waals surface area contributed by atoms with Crippen molar-refractivity contribution in [1.82, 2.24) is 9.88 Å². The van der Waals surface area contributed by atoms with Gasteiger partial charge in [0.2, 0.25) is 0 Å². The summed E-state index contributed by atoms with van der Waals surface area (Å²) in [5.74, 6) is 0. The van der Waals surface area contributed by atoms with Crippen LogP contribution in [0.3, 0.4) is 0 Å². The van der Waals surface area contributed by atoms with Crippen LogP contribution in [0.15, 0.2) is 48.5 Å². The molecule has 22 heavy (non-hydrogen) atoms. The Bertz CT molecular complexity index is 804. The van der Waals surface area contributed by atoms with Crippen LogP contribution in [0, 0.1) is 3.57 Å². The number of hydrogen-bond donors (Lipinski definition) is 1. The average Bonchev–Trinajstić information content (AvgIpc) is 2.92. The Morgan fingerprint density at radius 2 is 1.91 bits per heavy atom. The van der Waals surface area contributed by atoms with E-state index < -0.39 is 0 Å². The van der Waals surface area contributed by atoms with E-state index in [1.165, 1.54) is 31.3 Å². The summed E-state index contributed by atoms with van der Waals surface area (Å²) in [6.45, 7) is 4.47. The Kier molecular flexibility index (Phi) is 3.70. The highest BCUT2D eigenvalue weighted by molar-refractivity contribution is 14.1. The summed E-state index contributed by atoms with van der Waals surface area (Å²) in [6, 6.07) is 18.0. The Balaban J connectivity index is 1.64. The van der Waals surface area contributed by atoms with Gasteiger partial charge in [-0.15, -0.1) is 0 Å². The summed E-state index contributed by atoms with van der Waals surface area (Å²) in [7, 11) is 0. The van der Waals surface area contributed by atoms with Crippen LogP contribution in [0.4, 0.5) is 0 Å². The fourth-order valence-electron chi connectivity index (χ4n) is 3.52. The molecule has 1 aliphatic heterocycles. The minimum atomic E-state index is 0.440. The smallest absolute Gasteiger partial charge is 0.0477 e. The van der Waals surface area contributed by atoms with Crippen LogP contribution >= 0.6 is 22.6 Å². The highest BCUT2D eigenvalue weighted by Crippen LogP contribution is 2.34. The molecule has 4 rings (SSSR count). The number of aromatic amines is 1. The molecule has 2 nitrogen and oxygen atoms in total. The van der Waals surface area contributed by atoms with Gasteiger partial charge in [-0.25, -0.2) is 0 Å². The SMILES string of the molecule is CC1c2[nH]c3ccccc3c2CCN1Cc1ccc(I)cc1. The molecule has 1 N–H and O–H groups in total. The summed E-state index contributed by atoms with van der Waals surface area (Å²) < 4.78 is 1.30. The molecule has 1 aromatic heterocycles. The molecule has 0 saturated carbocycles.